The first-order chi connectivity index (χ1) is 15.5. The summed E-state index contributed by atoms with van der Waals surface area (Å²) in [6.45, 7) is -0.264. The molecule has 3 heterocycles. The molecule has 0 bridgehead atoms. The molecule has 0 fully saturated rings. The number of fused-ring (bicyclic) bond motifs is 2. The van der Waals surface area contributed by atoms with Gasteiger partial charge in [0.15, 0.2) is 10.8 Å². The summed E-state index contributed by atoms with van der Waals surface area (Å²) < 4.78 is 30.7. The zero-order chi connectivity index (χ0) is 22.2. The highest BCUT2D eigenvalue weighted by Crippen LogP contribution is 2.33. The molecule has 1 atom stereocenters. The van der Waals surface area contributed by atoms with Gasteiger partial charge in [-0.3, -0.25) is 14.2 Å². The van der Waals surface area contributed by atoms with E-state index >= 15 is 0 Å². The van der Waals surface area contributed by atoms with Gasteiger partial charge in [-0.1, -0.05) is 36.0 Å². The van der Waals surface area contributed by atoms with E-state index in [0.29, 0.717) is 21.9 Å². The molecule has 1 N–H and O–H groups in total. The lowest BCUT2D eigenvalue weighted by molar-refractivity contribution is -0.121. The van der Waals surface area contributed by atoms with Crippen molar-refractivity contribution in [2.75, 3.05) is 5.75 Å². The second kappa shape index (κ2) is 8.19. The van der Waals surface area contributed by atoms with Gasteiger partial charge in [0.25, 0.3) is 5.56 Å². The highest BCUT2D eigenvalue weighted by Gasteiger charge is 2.29. The van der Waals surface area contributed by atoms with E-state index in [9.17, 15) is 18.4 Å². The van der Waals surface area contributed by atoms with Crippen LogP contribution in [0.25, 0.3) is 16.7 Å². The second-order valence-corrected chi connectivity index (χ2v) is 8.33. The smallest absolute Gasteiger partial charge is 0.265 e. The van der Waals surface area contributed by atoms with Gasteiger partial charge in [0, 0.05) is 24.3 Å². The molecule has 0 radical (unpaired) electrons. The summed E-state index contributed by atoms with van der Waals surface area (Å²) in [5, 5.41) is 7.73. The Bertz CT molecular complexity index is 1370. The molecule has 1 amide bonds. The maximum absolute atomic E-state index is 13.8. The zero-order valence-electron chi connectivity index (χ0n) is 16.7. The molecule has 0 saturated heterocycles. The Hall–Kier alpha value is -3.53. The number of aromatic nitrogens is 4. The van der Waals surface area contributed by atoms with Crippen molar-refractivity contribution in [3.05, 3.63) is 82.3 Å². The fraction of sp³-hybridized carbons (Fsp3) is 0.182. The summed E-state index contributed by atoms with van der Waals surface area (Å²) in [5.41, 5.74) is 0.782. The number of rotatable bonds is 5. The van der Waals surface area contributed by atoms with Crippen LogP contribution in [0.1, 0.15) is 18.0 Å². The summed E-state index contributed by atoms with van der Waals surface area (Å²) >= 11 is 1.38. The topological polar surface area (TPSA) is 81.8 Å². The van der Waals surface area contributed by atoms with Crippen molar-refractivity contribution >= 4 is 28.7 Å². The van der Waals surface area contributed by atoms with Crippen LogP contribution < -0.4 is 10.9 Å². The van der Waals surface area contributed by atoms with Gasteiger partial charge < -0.3 is 5.32 Å². The molecule has 1 aliphatic rings. The molecule has 32 heavy (non-hydrogen) atoms. The number of hydrogen-bond acceptors (Lipinski definition) is 5. The Morgan fingerprint density at radius 1 is 1.12 bits per heavy atom. The molecule has 1 unspecified atom stereocenters. The minimum atomic E-state index is -0.717. The normalized spacial score (nSPS) is 15.1. The van der Waals surface area contributed by atoms with Crippen LogP contribution in [0, 0.1) is 11.6 Å². The van der Waals surface area contributed by atoms with Crippen LogP contribution in [-0.4, -0.2) is 31.0 Å². The maximum Gasteiger partial charge on any atom is 0.265 e. The lowest BCUT2D eigenvalue weighted by atomic mass is 10.1. The van der Waals surface area contributed by atoms with Crippen molar-refractivity contribution in [1.29, 1.82) is 0 Å². The first-order valence-corrected chi connectivity index (χ1v) is 10.9. The number of nitrogens with zero attached hydrogens (tertiary/aromatic N) is 4. The molecule has 0 spiro atoms. The van der Waals surface area contributed by atoms with Gasteiger partial charge in [-0.25, -0.2) is 18.4 Å². The van der Waals surface area contributed by atoms with E-state index in [0.717, 1.165) is 17.8 Å². The van der Waals surface area contributed by atoms with E-state index in [2.05, 4.69) is 15.4 Å². The van der Waals surface area contributed by atoms with Gasteiger partial charge in [0.1, 0.15) is 17.0 Å². The molecule has 1 aliphatic heterocycles. The third kappa shape index (κ3) is 3.56. The standard InChI is InChI=1S/C22H17F2N5O2S/c23-17-7-4-8-18(24)15(17)10-25-19(30)9-14-12-32-22-27-20-16(21(31)28(14)22)11-26-29(20)13-5-2-1-3-6-13/h1-8,11,14H,9-10,12H2,(H,25,30). The first kappa shape index (κ1) is 20.4. The molecule has 0 aliphatic carbocycles. The predicted octanol–water partition coefficient (Wildman–Crippen LogP) is 3.21. The van der Waals surface area contributed by atoms with Gasteiger partial charge in [-0.2, -0.15) is 5.10 Å². The van der Waals surface area contributed by atoms with Gasteiger partial charge in [-0.15, -0.1) is 0 Å². The fourth-order valence-electron chi connectivity index (χ4n) is 3.71. The number of hydrogen-bond donors (Lipinski definition) is 1. The Morgan fingerprint density at radius 2 is 1.88 bits per heavy atom. The molecule has 4 aromatic rings. The highest BCUT2D eigenvalue weighted by molar-refractivity contribution is 7.99. The largest absolute Gasteiger partial charge is 0.352 e. The number of thioether (sulfide) groups is 1. The number of para-hydroxylation sites is 1. The van der Waals surface area contributed by atoms with E-state index in [1.807, 2.05) is 30.3 Å². The quantitative estimate of drug-likeness (QED) is 0.470. The molecule has 10 heteroatoms. The lowest BCUT2D eigenvalue weighted by Crippen LogP contribution is -2.31. The van der Waals surface area contributed by atoms with Crippen LogP contribution in [0.15, 0.2) is 64.7 Å². The molecule has 5 rings (SSSR count). The summed E-state index contributed by atoms with van der Waals surface area (Å²) in [6, 6.07) is 12.5. The summed E-state index contributed by atoms with van der Waals surface area (Å²) in [5.74, 6) is -1.34. The minimum absolute atomic E-state index is 0.00398. The summed E-state index contributed by atoms with van der Waals surface area (Å²) in [4.78, 5) is 30.2. The third-order valence-corrected chi connectivity index (χ3v) is 6.41. The van der Waals surface area contributed by atoms with Crippen molar-refractivity contribution in [2.45, 2.75) is 24.2 Å². The highest BCUT2D eigenvalue weighted by atomic mass is 32.2. The predicted molar refractivity (Wildman–Crippen MR) is 116 cm³/mol. The Labute approximate surface area is 185 Å². The average Bonchev–Trinajstić information content (AvgIpc) is 3.39. The SMILES string of the molecule is O=C(CC1CSc2nc3c(cnn3-c3ccccc3)c(=O)n21)NCc1c(F)cccc1F. The maximum atomic E-state index is 13.8. The summed E-state index contributed by atoms with van der Waals surface area (Å²) in [7, 11) is 0. The molecular weight excluding hydrogens is 436 g/mol. The summed E-state index contributed by atoms with van der Waals surface area (Å²) in [6.07, 6.45) is 1.47. The average molecular weight is 453 g/mol. The zero-order valence-corrected chi connectivity index (χ0v) is 17.5. The van der Waals surface area contributed by atoms with Crippen molar-refractivity contribution in [1.82, 2.24) is 24.6 Å². The van der Waals surface area contributed by atoms with Crippen LogP contribution in [0.4, 0.5) is 8.78 Å². The monoisotopic (exact) mass is 453 g/mol. The van der Waals surface area contributed by atoms with E-state index in [4.69, 9.17) is 0 Å². The van der Waals surface area contributed by atoms with Crippen LogP contribution in [0.5, 0.6) is 0 Å². The van der Waals surface area contributed by atoms with Crippen LogP contribution >= 0.6 is 11.8 Å². The fourth-order valence-corrected chi connectivity index (χ4v) is 4.84. The van der Waals surface area contributed by atoms with Crippen molar-refractivity contribution < 1.29 is 13.6 Å². The van der Waals surface area contributed by atoms with Crippen LogP contribution in [-0.2, 0) is 11.3 Å². The number of amides is 1. The van der Waals surface area contributed by atoms with Gasteiger partial charge >= 0.3 is 0 Å². The number of benzene rings is 2. The lowest BCUT2D eigenvalue weighted by Gasteiger charge is -2.14. The van der Waals surface area contributed by atoms with E-state index in [1.165, 1.54) is 28.6 Å². The number of carbonyl (C=O) groups is 1. The van der Waals surface area contributed by atoms with Gasteiger partial charge in [0.05, 0.1) is 17.9 Å². The van der Waals surface area contributed by atoms with Crippen molar-refractivity contribution in [3.8, 4) is 5.69 Å². The molecule has 2 aromatic heterocycles. The minimum Gasteiger partial charge on any atom is -0.352 e. The number of halogens is 2. The van der Waals surface area contributed by atoms with Crippen molar-refractivity contribution in [3.63, 3.8) is 0 Å². The Morgan fingerprint density at radius 3 is 2.62 bits per heavy atom. The van der Waals surface area contributed by atoms with Gasteiger partial charge in [0.2, 0.25) is 5.91 Å². The molecule has 0 saturated carbocycles. The van der Waals surface area contributed by atoms with E-state index in [-0.39, 0.29) is 24.1 Å². The molecule has 2 aromatic carbocycles. The van der Waals surface area contributed by atoms with Gasteiger partial charge in [-0.05, 0) is 24.3 Å². The third-order valence-electron chi connectivity index (χ3n) is 5.32. The Kier molecular flexibility index (Phi) is 5.22. The van der Waals surface area contributed by atoms with Crippen molar-refractivity contribution in [2.24, 2.45) is 0 Å². The molecule has 162 valence electrons. The Balaban J connectivity index is 1.38. The number of nitrogens with one attached hydrogen (secondary N) is 1. The van der Waals surface area contributed by atoms with Crippen LogP contribution in [0.3, 0.4) is 0 Å². The molecular formula is C22H17F2N5O2S. The molecule has 7 nitrogen and oxygen atoms in total. The van der Waals surface area contributed by atoms with E-state index in [1.54, 1.807) is 4.68 Å². The first-order valence-electron chi connectivity index (χ1n) is 9.91. The van der Waals surface area contributed by atoms with Crippen LogP contribution in [0.2, 0.25) is 0 Å². The van der Waals surface area contributed by atoms with E-state index < -0.39 is 23.6 Å². The number of carbonyl (C=O) groups excluding carboxylic acids is 1. The second-order valence-electron chi connectivity index (χ2n) is 7.34.